The molecule has 1 fully saturated rings. The van der Waals surface area contributed by atoms with Crippen molar-refractivity contribution in [1.82, 2.24) is 4.98 Å². The highest BCUT2D eigenvalue weighted by molar-refractivity contribution is 6.03. The number of carboxylic acid groups (broad SMARTS) is 1. The van der Waals surface area contributed by atoms with Gasteiger partial charge in [-0.05, 0) is 32.3 Å². The third kappa shape index (κ3) is 4.56. The monoisotopic (exact) mass is 413 g/mol. The first-order chi connectivity index (χ1) is 14.5. The van der Waals surface area contributed by atoms with Crippen LogP contribution in [0.25, 0.3) is 10.9 Å². The number of carbonyl (C=O) groups is 2. The van der Waals surface area contributed by atoms with Crippen LogP contribution in [-0.4, -0.2) is 41.2 Å². The van der Waals surface area contributed by atoms with Crippen LogP contribution in [0.5, 0.6) is 0 Å². The van der Waals surface area contributed by atoms with E-state index in [0.29, 0.717) is 37.2 Å². The molecular weight excluding hydrogens is 382 g/mol. The second-order valence-electron chi connectivity index (χ2n) is 7.88. The Hall–Kier alpha value is -2.67. The third-order valence-corrected chi connectivity index (χ3v) is 6.05. The zero-order valence-electron chi connectivity index (χ0n) is 17.7. The molecule has 7 nitrogen and oxygen atoms in total. The van der Waals surface area contributed by atoms with E-state index in [9.17, 15) is 14.7 Å². The van der Waals surface area contributed by atoms with Crippen molar-refractivity contribution in [2.45, 2.75) is 58.4 Å². The molecule has 3 N–H and O–H groups in total. The molecule has 1 heterocycles. The Morgan fingerprint density at radius 1 is 1.20 bits per heavy atom. The highest BCUT2D eigenvalue weighted by Gasteiger charge is 2.46. The van der Waals surface area contributed by atoms with Gasteiger partial charge < -0.3 is 20.5 Å². The predicted octanol–water partition coefficient (Wildman–Crippen LogP) is 4.44. The lowest BCUT2D eigenvalue weighted by Crippen LogP contribution is -2.47. The van der Waals surface area contributed by atoms with E-state index in [-0.39, 0.29) is 18.6 Å². The Kier molecular flexibility index (Phi) is 7.26. The molecule has 1 aromatic heterocycles. The minimum absolute atomic E-state index is 0.0426. The van der Waals surface area contributed by atoms with Gasteiger partial charge in [-0.3, -0.25) is 14.6 Å². The van der Waals surface area contributed by atoms with Gasteiger partial charge in [0.1, 0.15) is 6.61 Å². The average molecular weight is 414 g/mol. The largest absolute Gasteiger partial charge is 0.481 e. The number of anilines is 2. The topological polar surface area (TPSA) is 101 Å². The van der Waals surface area contributed by atoms with Gasteiger partial charge in [0.25, 0.3) is 0 Å². The second kappa shape index (κ2) is 9.89. The van der Waals surface area contributed by atoms with Gasteiger partial charge in [-0.2, -0.15) is 0 Å². The number of hydrogen-bond acceptors (Lipinski definition) is 5. The van der Waals surface area contributed by atoms with E-state index in [4.69, 9.17) is 4.74 Å². The first-order valence-corrected chi connectivity index (χ1v) is 10.8. The number of benzene rings is 1. The van der Waals surface area contributed by atoms with Crippen LogP contribution in [0.1, 0.15) is 52.4 Å². The Morgan fingerprint density at radius 2 is 1.93 bits per heavy atom. The molecule has 30 heavy (non-hydrogen) atoms. The summed E-state index contributed by atoms with van der Waals surface area (Å²) in [6.07, 6.45) is 6.50. The highest BCUT2D eigenvalue weighted by Crippen LogP contribution is 2.43. The van der Waals surface area contributed by atoms with Crippen LogP contribution in [-0.2, 0) is 14.3 Å². The number of carboxylic acids is 1. The molecule has 0 bridgehead atoms. The molecule has 1 atom stereocenters. The van der Waals surface area contributed by atoms with Crippen molar-refractivity contribution in [3.8, 4) is 0 Å². The van der Waals surface area contributed by atoms with Crippen molar-refractivity contribution >= 4 is 34.2 Å². The van der Waals surface area contributed by atoms with Crippen molar-refractivity contribution in [2.24, 2.45) is 5.41 Å². The molecule has 2 aromatic rings. The molecular formula is C23H31N3O4. The predicted molar refractivity (Wildman–Crippen MR) is 118 cm³/mol. The van der Waals surface area contributed by atoms with E-state index in [0.717, 1.165) is 30.2 Å². The molecule has 1 aliphatic carbocycles. The summed E-state index contributed by atoms with van der Waals surface area (Å²) in [7, 11) is 0. The quantitative estimate of drug-likeness (QED) is 0.562. The summed E-state index contributed by atoms with van der Waals surface area (Å²) in [5.74, 6) is -1.02. The van der Waals surface area contributed by atoms with E-state index in [1.165, 1.54) is 0 Å². The molecule has 1 aliphatic rings. The summed E-state index contributed by atoms with van der Waals surface area (Å²) in [5, 5.41) is 17.4. The molecule has 0 radical (unpaired) electrons. The van der Waals surface area contributed by atoms with Gasteiger partial charge in [0.2, 0.25) is 5.91 Å². The highest BCUT2D eigenvalue weighted by atomic mass is 16.5. The Labute approximate surface area is 177 Å². The lowest BCUT2D eigenvalue weighted by molar-refractivity contribution is -0.152. The van der Waals surface area contributed by atoms with Crippen LogP contribution in [0.2, 0.25) is 0 Å². The summed E-state index contributed by atoms with van der Waals surface area (Å²) in [5.41, 5.74) is 1.21. The summed E-state index contributed by atoms with van der Waals surface area (Å²) < 4.78 is 5.21. The van der Waals surface area contributed by atoms with Crippen LogP contribution >= 0.6 is 0 Å². The van der Waals surface area contributed by atoms with Gasteiger partial charge in [0.05, 0.1) is 28.5 Å². The lowest BCUT2D eigenvalue weighted by Gasteiger charge is -2.41. The lowest BCUT2D eigenvalue weighted by atomic mass is 9.68. The van der Waals surface area contributed by atoms with E-state index in [1.54, 1.807) is 6.20 Å². The van der Waals surface area contributed by atoms with Gasteiger partial charge in [-0.15, -0.1) is 0 Å². The van der Waals surface area contributed by atoms with Gasteiger partial charge in [-0.1, -0.05) is 44.4 Å². The number of amides is 1. The number of hydrogen-bond donors (Lipinski definition) is 3. The summed E-state index contributed by atoms with van der Waals surface area (Å²) in [6.45, 7) is 4.25. The van der Waals surface area contributed by atoms with Gasteiger partial charge in [0.15, 0.2) is 0 Å². The number of rotatable bonds is 9. The van der Waals surface area contributed by atoms with Gasteiger partial charge in [0, 0.05) is 18.0 Å². The number of ether oxygens (including phenoxy) is 1. The number of nitrogens with one attached hydrogen (secondary N) is 2. The van der Waals surface area contributed by atoms with Gasteiger partial charge in [-0.25, -0.2) is 0 Å². The van der Waals surface area contributed by atoms with Crippen LogP contribution in [0.4, 0.5) is 11.4 Å². The molecule has 1 amide bonds. The fourth-order valence-corrected chi connectivity index (χ4v) is 4.47. The smallest absolute Gasteiger partial charge is 0.311 e. The van der Waals surface area contributed by atoms with Crippen molar-refractivity contribution in [3.05, 3.63) is 30.5 Å². The molecule has 1 saturated carbocycles. The fraction of sp³-hybridized carbons (Fsp3) is 0.522. The molecule has 0 spiro atoms. The molecule has 0 saturated heterocycles. The zero-order chi connectivity index (χ0) is 21.6. The van der Waals surface area contributed by atoms with E-state index >= 15 is 0 Å². The minimum atomic E-state index is -0.816. The molecule has 0 aliphatic heterocycles. The SMILES string of the molecule is CCOCC(=O)Nc1cnc2ccccc2c1NC(CC)C1(C(=O)O)CCCCC1. The maximum atomic E-state index is 12.4. The Bertz CT molecular complexity index is 893. The maximum absolute atomic E-state index is 12.4. The Morgan fingerprint density at radius 3 is 2.60 bits per heavy atom. The van der Waals surface area contributed by atoms with Crippen LogP contribution in [0, 0.1) is 5.41 Å². The van der Waals surface area contributed by atoms with E-state index < -0.39 is 11.4 Å². The first-order valence-electron chi connectivity index (χ1n) is 10.8. The van der Waals surface area contributed by atoms with Gasteiger partial charge >= 0.3 is 5.97 Å². The van der Waals surface area contributed by atoms with Crippen molar-refractivity contribution in [2.75, 3.05) is 23.8 Å². The number of aliphatic carboxylic acids is 1. The van der Waals surface area contributed by atoms with Crippen molar-refractivity contribution in [3.63, 3.8) is 0 Å². The van der Waals surface area contributed by atoms with Crippen molar-refractivity contribution < 1.29 is 19.4 Å². The zero-order valence-corrected chi connectivity index (χ0v) is 17.7. The number of nitrogens with zero attached hydrogens (tertiary/aromatic N) is 1. The molecule has 7 heteroatoms. The third-order valence-electron chi connectivity index (χ3n) is 6.05. The Balaban J connectivity index is 2.00. The van der Waals surface area contributed by atoms with Crippen LogP contribution in [0.3, 0.4) is 0 Å². The van der Waals surface area contributed by atoms with Crippen molar-refractivity contribution in [1.29, 1.82) is 0 Å². The average Bonchev–Trinajstić information content (AvgIpc) is 2.77. The summed E-state index contributed by atoms with van der Waals surface area (Å²) in [6, 6.07) is 7.40. The van der Waals surface area contributed by atoms with E-state index in [1.807, 2.05) is 38.1 Å². The van der Waals surface area contributed by atoms with Crippen LogP contribution < -0.4 is 10.6 Å². The van der Waals surface area contributed by atoms with Crippen LogP contribution in [0.15, 0.2) is 30.5 Å². The second-order valence-corrected chi connectivity index (χ2v) is 7.88. The number of pyridine rings is 1. The molecule has 1 aromatic carbocycles. The molecule has 1 unspecified atom stereocenters. The van der Waals surface area contributed by atoms with E-state index in [2.05, 4.69) is 15.6 Å². The number of aromatic nitrogens is 1. The first kappa shape index (κ1) is 22.0. The fourth-order valence-electron chi connectivity index (χ4n) is 4.47. The maximum Gasteiger partial charge on any atom is 0.311 e. The summed E-state index contributed by atoms with van der Waals surface area (Å²) >= 11 is 0. The summed E-state index contributed by atoms with van der Waals surface area (Å²) in [4.78, 5) is 29.1. The normalized spacial score (nSPS) is 16.7. The number of fused-ring (bicyclic) bond motifs is 1. The number of carbonyl (C=O) groups excluding carboxylic acids is 1. The minimum Gasteiger partial charge on any atom is -0.481 e. The molecule has 3 rings (SSSR count). The number of para-hydroxylation sites is 1. The molecule has 162 valence electrons. The standard InChI is InChI=1S/C23H31N3O4/c1-3-19(23(22(28)29)12-8-5-9-13-23)26-21-16-10-6-7-11-17(16)24-14-18(21)25-20(27)15-30-4-2/h6-7,10-11,14,19H,3-5,8-9,12-13,15H2,1-2H3,(H,24,26)(H,25,27)(H,28,29).